The van der Waals surface area contributed by atoms with Gasteiger partial charge in [-0.2, -0.15) is 0 Å². The summed E-state index contributed by atoms with van der Waals surface area (Å²) in [6.45, 7) is 4.07. The van der Waals surface area contributed by atoms with Crippen LogP contribution >= 0.6 is 0 Å². The molecule has 0 atom stereocenters. The SMILES string of the molecule is Cc1cc(C)cc(C(=O)OCCOc2ccc(S(N)(=O)=O)cc2)c1. The number of sulfonamides is 1. The van der Waals surface area contributed by atoms with E-state index >= 15 is 0 Å². The summed E-state index contributed by atoms with van der Waals surface area (Å²) in [4.78, 5) is 12.0. The summed E-state index contributed by atoms with van der Waals surface area (Å²) in [6, 6.07) is 11.2. The van der Waals surface area contributed by atoms with Crippen LogP contribution in [0.2, 0.25) is 0 Å². The van der Waals surface area contributed by atoms with E-state index in [1.807, 2.05) is 19.9 Å². The fourth-order valence-electron chi connectivity index (χ4n) is 2.20. The molecule has 128 valence electrons. The fraction of sp³-hybridized carbons (Fsp3) is 0.235. The van der Waals surface area contributed by atoms with E-state index in [0.717, 1.165) is 11.1 Å². The van der Waals surface area contributed by atoms with Gasteiger partial charge in [-0.25, -0.2) is 18.4 Å². The highest BCUT2D eigenvalue weighted by Crippen LogP contribution is 2.15. The van der Waals surface area contributed by atoms with Gasteiger partial charge in [-0.1, -0.05) is 17.2 Å². The molecule has 0 amide bonds. The number of primary sulfonamides is 1. The van der Waals surface area contributed by atoms with Crippen LogP contribution in [-0.4, -0.2) is 27.6 Å². The van der Waals surface area contributed by atoms with Crippen molar-refractivity contribution in [2.45, 2.75) is 18.7 Å². The van der Waals surface area contributed by atoms with Crippen LogP contribution in [-0.2, 0) is 14.8 Å². The highest BCUT2D eigenvalue weighted by molar-refractivity contribution is 7.89. The molecule has 0 radical (unpaired) electrons. The lowest BCUT2D eigenvalue weighted by atomic mass is 10.1. The summed E-state index contributed by atoms with van der Waals surface area (Å²) in [6.07, 6.45) is 0. The molecule has 7 heteroatoms. The van der Waals surface area contributed by atoms with E-state index in [9.17, 15) is 13.2 Å². The lowest BCUT2D eigenvalue weighted by Crippen LogP contribution is -2.13. The standard InChI is InChI=1S/C17H19NO5S/c1-12-9-13(2)11-14(10-12)17(19)23-8-7-22-15-3-5-16(6-4-15)24(18,20)21/h3-6,9-11H,7-8H2,1-2H3,(H2,18,20,21). The van der Waals surface area contributed by atoms with Crippen LogP contribution in [0.15, 0.2) is 47.4 Å². The van der Waals surface area contributed by atoms with Gasteiger partial charge in [-0.3, -0.25) is 0 Å². The summed E-state index contributed by atoms with van der Waals surface area (Å²) >= 11 is 0. The zero-order valence-electron chi connectivity index (χ0n) is 13.5. The average molecular weight is 349 g/mol. The van der Waals surface area contributed by atoms with Gasteiger partial charge in [0.1, 0.15) is 19.0 Å². The molecule has 0 aromatic heterocycles. The minimum Gasteiger partial charge on any atom is -0.490 e. The van der Waals surface area contributed by atoms with E-state index in [0.29, 0.717) is 11.3 Å². The fourth-order valence-corrected chi connectivity index (χ4v) is 2.71. The Bertz CT molecular complexity index is 808. The first-order valence-electron chi connectivity index (χ1n) is 7.27. The van der Waals surface area contributed by atoms with Crippen molar-refractivity contribution in [1.82, 2.24) is 0 Å². The highest BCUT2D eigenvalue weighted by atomic mass is 32.2. The van der Waals surface area contributed by atoms with Gasteiger partial charge in [0.15, 0.2) is 0 Å². The molecule has 0 aliphatic heterocycles. The zero-order chi connectivity index (χ0) is 17.7. The van der Waals surface area contributed by atoms with Gasteiger partial charge in [0.25, 0.3) is 0 Å². The van der Waals surface area contributed by atoms with Gasteiger partial charge in [-0.15, -0.1) is 0 Å². The molecule has 0 aliphatic carbocycles. The minimum atomic E-state index is -3.72. The van der Waals surface area contributed by atoms with Crippen LogP contribution < -0.4 is 9.88 Å². The van der Waals surface area contributed by atoms with Crippen molar-refractivity contribution in [2.24, 2.45) is 5.14 Å². The topological polar surface area (TPSA) is 95.7 Å². The molecule has 0 unspecified atom stereocenters. The van der Waals surface area contributed by atoms with Crippen LogP contribution in [0, 0.1) is 13.8 Å². The van der Waals surface area contributed by atoms with Crippen LogP contribution in [0.4, 0.5) is 0 Å². The number of nitrogens with two attached hydrogens (primary N) is 1. The van der Waals surface area contributed by atoms with Crippen LogP contribution in [0.5, 0.6) is 5.75 Å². The molecule has 24 heavy (non-hydrogen) atoms. The maximum Gasteiger partial charge on any atom is 0.338 e. The molecule has 0 heterocycles. The van der Waals surface area contributed by atoms with Crippen molar-refractivity contribution in [3.05, 3.63) is 59.2 Å². The summed E-state index contributed by atoms with van der Waals surface area (Å²) < 4.78 is 32.8. The molecule has 0 aliphatic rings. The van der Waals surface area contributed by atoms with Crippen LogP contribution in [0.1, 0.15) is 21.5 Å². The number of aryl methyl sites for hydroxylation is 2. The Morgan fingerprint density at radius 2 is 1.58 bits per heavy atom. The molecular weight excluding hydrogens is 330 g/mol. The van der Waals surface area contributed by atoms with Gasteiger partial charge < -0.3 is 9.47 Å². The average Bonchev–Trinajstić information content (AvgIpc) is 2.50. The second-order valence-electron chi connectivity index (χ2n) is 5.38. The largest absolute Gasteiger partial charge is 0.490 e. The van der Waals surface area contributed by atoms with E-state index in [2.05, 4.69) is 0 Å². The Morgan fingerprint density at radius 3 is 2.12 bits per heavy atom. The minimum absolute atomic E-state index is 0.0103. The zero-order valence-corrected chi connectivity index (χ0v) is 14.3. The third kappa shape index (κ3) is 5.07. The van der Waals surface area contributed by atoms with E-state index in [1.54, 1.807) is 12.1 Å². The summed E-state index contributed by atoms with van der Waals surface area (Å²) in [7, 11) is -3.72. The Morgan fingerprint density at radius 1 is 1.00 bits per heavy atom. The molecule has 2 aromatic carbocycles. The van der Waals surface area contributed by atoms with E-state index in [4.69, 9.17) is 14.6 Å². The predicted molar refractivity (Wildman–Crippen MR) is 89.5 cm³/mol. The van der Waals surface area contributed by atoms with Crippen molar-refractivity contribution < 1.29 is 22.7 Å². The van der Waals surface area contributed by atoms with Crippen LogP contribution in [0.25, 0.3) is 0 Å². The molecule has 0 bridgehead atoms. The maximum atomic E-state index is 12.0. The Kier molecular flexibility index (Phi) is 5.58. The molecule has 0 spiro atoms. The quantitative estimate of drug-likeness (QED) is 0.637. The third-order valence-corrected chi connectivity index (χ3v) is 4.12. The summed E-state index contributed by atoms with van der Waals surface area (Å²) in [5.74, 6) is 0.0554. The van der Waals surface area contributed by atoms with Crippen molar-refractivity contribution >= 4 is 16.0 Å². The lowest BCUT2D eigenvalue weighted by Gasteiger charge is -2.09. The molecule has 0 saturated carbocycles. The number of carbonyl (C=O) groups is 1. The second-order valence-corrected chi connectivity index (χ2v) is 6.94. The monoisotopic (exact) mass is 349 g/mol. The molecule has 2 rings (SSSR count). The summed E-state index contributed by atoms with van der Waals surface area (Å²) in [5.41, 5.74) is 2.49. The Labute approximate surface area is 141 Å². The second kappa shape index (κ2) is 7.46. The smallest absolute Gasteiger partial charge is 0.338 e. The number of rotatable bonds is 6. The van der Waals surface area contributed by atoms with E-state index < -0.39 is 16.0 Å². The number of hydrogen-bond acceptors (Lipinski definition) is 5. The molecular formula is C17H19NO5S. The van der Waals surface area contributed by atoms with Gasteiger partial charge in [0.05, 0.1) is 10.5 Å². The van der Waals surface area contributed by atoms with E-state index in [-0.39, 0.29) is 18.1 Å². The number of hydrogen-bond donors (Lipinski definition) is 1. The Balaban J connectivity index is 1.83. The summed E-state index contributed by atoms with van der Waals surface area (Å²) in [5, 5.41) is 5.01. The number of ether oxygens (including phenoxy) is 2. The normalized spacial score (nSPS) is 11.1. The predicted octanol–water partition coefficient (Wildman–Crippen LogP) is 2.19. The van der Waals surface area contributed by atoms with Crippen molar-refractivity contribution in [2.75, 3.05) is 13.2 Å². The first-order valence-corrected chi connectivity index (χ1v) is 8.81. The van der Waals surface area contributed by atoms with Crippen molar-refractivity contribution in [3.63, 3.8) is 0 Å². The first-order chi connectivity index (χ1) is 11.3. The number of carbonyl (C=O) groups excluding carboxylic acids is 1. The van der Waals surface area contributed by atoms with Gasteiger partial charge >= 0.3 is 5.97 Å². The molecule has 0 fully saturated rings. The maximum absolute atomic E-state index is 12.0. The van der Waals surface area contributed by atoms with Crippen LogP contribution in [0.3, 0.4) is 0 Å². The van der Waals surface area contributed by atoms with Crippen molar-refractivity contribution in [1.29, 1.82) is 0 Å². The molecule has 6 nitrogen and oxygen atoms in total. The van der Waals surface area contributed by atoms with Gasteiger partial charge in [0.2, 0.25) is 10.0 Å². The number of esters is 1. The van der Waals surface area contributed by atoms with Gasteiger partial charge in [-0.05, 0) is 50.2 Å². The molecule has 2 N–H and O–H groups in total. The van der Waals surface area contributed by atoms with E-state index in [1.165, 1.54) is 24.3 Å². The highest BCUT2D eigenvalue weighted by Gasteiger charge is 2.09. The van der Waals surface area contributed by atoms with Gasteiger partial charge in [0, 0.05) is 0 Å². The number of benzene rings is 2. The third-order valence-electron chi connectivity index (χ3n) is 3.19. The first kappa shape index (κ1) is 18.0. The molecule has 2 aromatic rings. The van der Waals surface area contributed by atoms with Crippen molar-refractivity contribution in [3.8, 4) is 5.75 Å². The lowest BCUT2D eigenvalue weighted by molar-refractivity contribution is 0.0450. The molecule has 0 saturated heterocycles. The Hall–Kier alpha value is -2.38.